The van der Waals surface area contributed by atoms with Crippen molar-refractivity contribution in [2.75, 3.05) is 25.1 Å². The number of sulfonamides is 1. The van der Waals surface area contributed by atoms with Gasteiger partial charge in [0.25, 0.3) is 15.9 Å². The molecular weight excluding hydrogens is 516 g/mol. The van der Waals surface area contributed by atoms with Crippen molar-refractivity contribution >= 4 is 50.3 Å². The number of pyridine rings is 1. The van der Waals surface area contributed by atoms with E-state index in [9.17, 15) is 13.2 Å². The first-order valence-electron chi connectivity index (χ1n) is 11.0. The molecule has 190 valence electrons. The van der Waals surface area contributed by atoms with Crippen molar-refractivity contribution in [3.63, 3.8) is 0 Å². The average Bonchev–Trinajstić information content (AvgIpc) is 2.92. The number of hydrogen-bond acceptors (Lipinski definition) is 7. The number of carbonyl (C=O) groups excluding carboxylic acids is 1. The highest BCUT2D eigenvalue weighted by Crippen LogP contribution is 2.27. The van der Waals surface area contributed by atoms with Crippen LogP contribution in [0.2, 0.25) is 5.15 Å². The number of halogens is 1. The fourth-order valence-corrected chi connectivity index (χ4v) is 5.13. The lowest BCUT2D eigenvalue weighted by atomic mass is 10.1. The number of hydrazone groups is 1. The minimum absolute atomic E-state index is 0.0415. The summed E-state index contributed by atoms with van der Waals surface area (Å²) in [6.07, 6.45) is 1.35. The minimum Gasteiger partial charge on any atom is -0.497 e. The van der Waals surface area contributed by atoms with E-state index in [0.717, 1.165) is 9.69 Å². The smallest absolute Gasteiger partial charge is 0.264 e. The van der Waals surface area contributed by atoms with Crippen LogP contribution >= 0.6 is 11.6 Å². The molecule has 0 saturated heterocycles. The highest BCUT2D eigenvalue weighted by Gasteiger charge is 2.27. The number of fused-ring (bicyclic) bond motifs is 1. The second-order valence-electron chi connectivity index (χ2n) is 7.75. The number of ether oxygens (including phenoxy) is 2. The summed E-state index contributed by atoms with van der Waals surface area (Å²) in [5.41, 5.74) is 3.74. The molecule has 0 radical (unpaired) electrons. The van der Waals surface area contributed by atoms with Crippen LogP contribution in [0.1, 0.15) is 5.56 Å². The molecule has 4 aromatic rings. The van der Waals surface area contributed by atoms with Crippen molar-refractivity contribution in [3.8, 4) is 11.5 Å². The average molecular weight is 539 g/mol. The second-order valence-corrected chi connectivity index (χ2v) is 9.97. The van der Waals surface area contributed by atoms with E-state index in [1.807, 2.05) is 6.07 Å². The predicted octanol–water partition coefficient (Wildman–Crippen LogP) is 4.25. The molecule has 11 heteroatoms. The van der Waals surface area contributed by atoms with Gasteiger partial charge in [-0.05, 0) is 42.5 Å². The number of aromatic nitrogens is 1. The van der Waals surface area contributed by atoms with Crippen LogP contribution in [0.25, 0.3) is 10.9 Å². The van der Waals surface area contributed by atoms with Gasteiger partial charge in [0, 0.05) is 23.1 Å². The fraction of sp³-hybridized carbons (Fsp3) is 0.115. The van der Waals surface area contributed by atoms with Crippen molar-refractivity contribution in [1.29, 1.82) is 0 Å². The van der Waals surface area contributed by atoms with Crippen LogP contribution < -0.4 is 19.2 Å². The Hall–Kier alpha value is -4.15. The van der Waals surface area contributed by atoms with Crippen molar-refractivity contribution < 1.29 is 22.7 Å². The van der Waals surface area contributed by atoms with Crippen molar-refractivity contribution in [1.82, 2.24) is 10.4 Å². The number of methoxy groups -OCH3 is 2. The number of anilines is 1. The first kappa shape index (κ1) is 25.9. The number of hydrogen-bond donors (Lipinski definition) is 1. The van der Waals surface area contributed by atoms with E-state index in [1.165, 1.54) is 31.5 Å². The van der Waals surface area contributed by atoms with Gasteiger partial charge in [-0.25, -0.2) is 18.8 Å². The van der Waals surface area contributed by atoms with Crippen LogP contribution in [0, 0.1) is 0 Å². The Kier molecular flexibility index (Phi) is 7.90. The third-order valence-corrected chi connectivity index (χ3v) is 7.45. The van der Waals surface area contributed by atoms with Crippen molar-refractivity contribution in [3.05, 3.63) is 89.6 Å². The molecule has 1 amide bonds. The molecule has 9 nitrogen and oxygen atoms in total. The van der Waals surface area contributed by atoms with Crippen LogP contribution in [0.5, 0.6) is 11.5 Å². The summed E-state index contributed by atoms with van der Waals surface area (Å²) in [7, 11) is -1.03. The molecule has 0 atom stereocenters. The maximum absolute atomic E-state index is 13.4. The Balaban J connectivity index is 1.56. The van der Waals surface area contributed by atoms with Crippen LogP contribution in [-0.2, 0) is 14.8 Å². The quantitative estimate of drug-likeness (QED) is 0.194. The first-order valence-corrected chi connectivity index (χ1v) is 12.8. The number of nitrogens with one attached hydrogen (secondary N) is 1. The molecule has 0 aliphatic heterocycles. The Morgan fingerprint density at radius 2 is 1.73 bits per heavy atom. The summed E-state index contributed by atoms with van der Waals surface area (Å²) in [5.74, 6) is 0.434. The largest absolute Gasteiger partial charge is 0.497 e. The van der Waals surface area contributed by atoms with Gasteiger partial charge in [0.05, 0.1) is 36.5 Å². The SMILES string of the molecule is COc1cccc(N(CC(=O)N/N=C\c2cc3ccc(OC)cc3nc2Cl)S(=O)(=O)c2ccccc2)c1. The summed E-state index contributed by atoms with van der Waals surface area (Å²) in [4.78, 5) is 17.2. The molecule has 0 unspecified atom stereocenters. The summed E-state index contributed by atoms with van der Waals surface area (Å²) < 4.78 is 38.2. The molecule has 0 bridgehead atoms. The topological polar surface area (TPSA) is 110 Å². The molecule has 1 aromatic heterocycles. The van der Waals surface area contributed by atoms with Gasteiger partial charge in [0.2, 0.25) is 0 Å². The fourth-order valence-electron chi connectivity index (χ4n) is 3.50. The number of amides is 1. The van der Waals surface area contributed by atoms with Gasteiger partial charge >= 0.3 is 0 Å². The molecule has 3 aromatic carbocycles. The van der Waals surface area contributed by atoms with Gasteiger partial charge in [0.15, 0.2) is 0 Å². The summed E-state index contributed by atoms with van der Waals surface area (Å²) in [5, 5.41) is 4.94. The Morgan fingerprint density at radius 3 is 2.46 bits per heavy atom. The lowest BCUT2D eigenvalue weighted by molar-refractivity contribution is -0.119. The zero-order valence-corrected chi connectivity index (χ0v) is 21.5. The Labute approximate surface area is 219 Å². The van der Waals surface area contributed by atoms with Crippen LogP contribution in [-0.4, -0.2) is 46.3 Å². The highest BCUT2D eigenvalue weighted by atomic mass is 35.5. The van der Waals surface area contributed by atoms with E-state index in [-0.39, 0.29) is 15.7 Å². The maximum Gasteiger partial charge on any atom is 0.264 e. The zero-order valence-electron chi connectivity index (χ0n) is 20.0. The molecule has 1 heterocycles. The lowest BCUT2D eigenvalue weighted by Crippen LogP contribution is -2.39. The number of carbonyl (C=O) groups is 1. The van der Waals surface area contributed by atoms with Crippen LogP contribution in [0.3, 0.4) is 0 Å². The van der Waals surface area contributed by atoms with Crippen molar-refractivity contribution in [2.45, 2.75) is 4.90 Å². The molecule has 1 N–H and O–H groups in total. The Morgan fingerprint density at radius 1 is 1.00 bits per heavy atom. The minimum atomic E-state index is -4.06. The van der Waals surface area contributed by atoms with E-state index in [4.69, 9.17) is 21.1 Å². The number of benzene rings is 3. The van der Waals surface area contributed by atoms with E-state index < -0.39 is 22.5 Å². The second kappa shape index (κ2) is 11.3. The normalized spacial score (nSPS) is 11.4. The van der Waals surface area contributed by atoms with Crippen LogP contribution in [0.15, 0.2) is 88.9 Å². The van der Waals surface area contributed by atoms with Crippen LogP contribution in [0.4, 0.5) is 5.69 Å². The first-order chi connectivity index (χ1) is 17.8. The van der Waals surface area contributed by atoms with Gasteiger partial charge in [-0.2, -0.15) is 5.10 Å². The van der Waals surface area contributed by atoms with Crippen molar-refractivity contribution in [2.24, 2.45) is 5.10 Å². The van der Waals surface area contributed by atoms with E-state index in [1.54, 1.807) is 61.7 Å². The lowest BCUT2D eigenvalue weighted by Gasteiger charge is -2.24. The third-order valence-electron chi connectivity index (χ3n) is 5.36. The molecule has 0 spiro atoms. The Bertz CT molecular complexity index is 1560. The zero-order chi connectivity index (χ0) is 26.4. The molecule has 0 saturated carbocycles. The molecule has 37 heavy (non-hydrogen) atoms. The molecule has 0 fully saturated rings. The van der Waals surface area contributed by atoms with Gasteiger partial charge in [0.1, 0.15) is 23.2 Å². The maximum atomic E-state index is 13.4. The summed E-state index contributed by atoms with van der Waals surface area (Å²) >= 11 is 6.28. The van der Waals surface area contributed by atoms with E-state index in [0.29, 0.717) is 22.6 Å². The standard InChI is InChI=1S/C26H23ClN4O5S/c1-35-21-8-6-7-20(14-21)31(37(33,34)23-9-4-3-5-10-23)17-25(32)30-28-16-19-13-18-11-12-22(36-2)15-24(18)29-26(19)27/h3-16H,17H2,1-2H3,(H,30,32)/b28-16-. The van der Waals surface area contributed by atoms with Gasteiger partial charge < -0.3 is 9.47 Å². The summed E-state index contributed by atoms with van der Waals surface area (Å²) in [6.45, 7) is -0.523. The monoisotopic (exact) mass is 538 g/mol. The van der Waals surface area contributed by atoms with Gasteiger partial charge in [-0.3, -0.25) is 9.10 Å². The van der Waals surface area contributed by atoms with Gasteiger partial charge in [-0.15, -0.1) is 0 Å². The predicted molar refractivity (Wildman–Crippen MR) is 143 cm³/mol. The summed E-state index contributed by atoms with van der Waals surface area (Å²) in [6, 6.07) is 21.4. The third kappa shape index (κ3) is 5.99. The molecule has 0 aliphatic carbocycles. The highest BCUT2D eigenvalue weighted by molar-refractivity contribution is 7.92. The number of nitrogens with zero attached hydrogens (tertiary/aromatic N) is 3. The van der Waals surface area contributed by atoms with E-state index >= 15 is 0 Å². The van der Waals surface area contributed by atoms with E-state index in [2.05, 4.69) is 15.5 Å². The molecule has 0 aliphatic rings. The number of rotatable bonds is 9. The van der Waals surface area contributed by atoms with Gasteiger partial charge in [-0.1, -0.05) is 35.9 Å². The molecular formula is C26H23ClN4O5S. The molecule has 4 rings (SSSR count).